The summed E-state index contributed by atoms with van der Waals surface area (Å²) >= 11 is 0. The van der Waals surface area contributed by atoms with Crippen molar-refractivity contribution in [2.75, 3.05) is 0 Å². The minimum absolute atomic E-state index is 0.601. The molecule has 2 heteroatoms. The van der Waals surface area contributed by atoms with Crippen molar-refractivity contribution in [3.05, 3.63) is 35.6 Å². The molecule has 0 aliphatic heterocycles. The Morgan fingerprint density at radius 1 is 1.31 bits per heavy atom. The summed E-state index contributed by atoms with van der Waals surface area (Å²) in [6.07, 6.45) is 2.72. The van der Waals surface area contributed by atoms with E-state index >= 15 is 0 Å². The zero-order chi connectivity index (χ0) is 9.26. The third kappa shape index (κ3) is 1.33. The second-order valence-electron chi connectivity index (χ2n) is 3.14. The molecule has 2 N–H and O–H groups in total. The van der Waals surface area contributed by atoms with Crippen LogP contribution in [0.15, 0.2) is 28.9 Å². The molecule has 0 spiro atoms. The van der Waals surface area contributed by atoms with E-state index in [-0.39, 0.29) is 0 Å². The molecule has 1 heterocycles. The van der Waals surface area contributed by atoms with Gasteiger partial charge in [-0.15, -0.1) is 0 Å². The fraction of sp³-hybridized carbons (Fsp3) is 0.273. The molecule has 0 radical (unpaired) electrons. The molecule has 2 rings (SSSR count). The predicted molar refractivity (Wildman–Crippen MR) is 53.5 cm³/mol. The summed E-state index contributed by atoms with van der Waals surface area (Å²) in [6.45, 7) is 2.73. The molecule has 13 heavy (non-hydrogen) atoms. The van der Waals surface area contributed by atoms with E-state index < -0.39 is 0 Å². The summed E-state index contributed by atoms with van der Waals surface area (Å²) in [5.41, 5.74) is 9.11. The quantitative estimate of drug-likeness (QED) is 0.761. The van der Waals surface area contributed by atoms with Crippen LogP contribution in [-0.4, -0.2) is 0 Å². The van der Waals surface area contributed by atoms with Crippen LogP contribution in [0.1, 0.15) is 18.1 Å². The average molecular weight is 175 g/mol. The molecule has 0 aliphatic rings. The van der Waals surface area contributed by atoms with Gasteiger partial charge in [-0.2, -0.15) is 0 Å². The maximum atomic E-state index is 5.66. The van der Waals surface area contributed by atoms with Gasteiger partial charge in [-0.05, 0) is 35.7 Å². The lowest BCUT2D eigenvalue weighted by Gasteiger charge is -2.04. The lowest BCUT2D eigenvalue weighted by atomic mass is 10.0. The SMILES string of the molecule is CCc1cc2occc2cc1CN. The van der Waals surface area contributed by atoms with Crippen LogP contribution in [0.5, 0.6) is 0 Å². The van der Waals surface area contributed by atoms with Crippen molar-refractivity contribution in [2.24, 2.45) is 5.73 Å². The Morgan fingerprint density at radius 2 is 2.15 bits per heavy atom. The highest BCUT2D eigenvalue weighted by Crippen LogP contribution is 2.21. The van der Waals surface area contributed by atoms with E-state index in [1.54, 1.807) is 6.26 Å². The highest BCUT2D eigenvalue weighted by Gasteiger charge is 2.03. The Kier molecular flexibility index (Phi) is 2.07. The highest BCUT2D eigenvalue weighted by molar-refractivity contribution is 5.78. The molecule has 0 saturated heterocycles. The summed E-state index contributed by atoms with van der Waals surface area (Å²) in [5, 5.41) is 1.14. The van der Waals surface area contributed by atoms with E-state index in [1.165, 1.54) is 11.1 Å². The number of aryl methyl sites for hydroxylation is 1. The molecule has 0 amide bonds. The second kappa shape index (κ2) is 3.23. The first-order chi connectivity index (χ1) is 6.35. The fourth-order valence-electron chi connectivity index (χ4n) is 1.62. The monoisotopic (exact) mass is 175 g/mol. The van der Waals surface area contributed by atoms with Gasteiger partial charge in [0, 0.05) is 11.9 Å². The summed E-state index contributed by atoms with van der Waals surface area (Å²) in [6, 6.07) is 6.16. The Labute approximate surface area is 77.3 Å². The number of nitrogens with two attached hydrogens (primary N) is 1. The average Bonchev–Trinajstić information content (AvgIpc) is 2.62. The van der Waals surface area contributed by atoms with E-state index in [0.717, 1.165) is 17.4 Å². The van der Waals surface area contributed by atoms with E-state index in [2.05, 4.69) is 19.1 Å². The van der Waals surface area contributed by atoms with Gasteiger partial charge in [0.1, 0.15) is 5.58 Å². The van der Waals surface area contributed by atoms with Crippen molar-refractivity contribution in [1.29, 1.82) is 0 Å². The summed E-state index contributed by atoms with van der Waals surface area (Å²) in [4.78, 5) is 0. The van der Waals surface area contributed by atoms with Gasteiger partial charge in [0.2, 0.25) is 0 Å². The molecule has 2 nitrogen and oxygen atoms in total. The number of benzene rings is 1. The Bertz CT molecular complexity index is 379. The zero-order valence-electron chi connectivity index (χ0n) is 7.71. The molecule has 2 aromatic rings. The van der Waals surface area contributed by atoms with Crippen molar-refractivity contribution in [1.82, 2.24) is 0 Å². The lowest BCUT2D eigenvalue weighted by Crippen LogP contribution is -2.00. The van der Waals surface area contributed by atoms with Gasteiger partial charge < -0.3 is 10.2 Å². The smallest absolute Gasteiger partial charge is 0.134 e. The molecule has 0 atom stereocenters. The standard InChI is InChI=1S/C11H13NO/c1-2-8-6-11-9(3-4-13-11)5-10(8)7-12/h3-6H,2,7,12H2,1H3. The Hall–Kier alpha value is -1.28. The van der Waals surface area contributed by atoms with Gasteiger partial charge in [0.25, 0.3) is 0 Å². The lowest BCUT2D eigenvalue weighted by molar-refractivity contribution is 0.615. The first kappa shape index (κ1) is 8.32. The van der Waals surface area contributed by atoms with Gasteiger partial charge in [-0.1, -0.05) is 6.92 Å². The van der Waals surface area contributed by atoms with Crippen molar-refractivity contribution in [2.45, 2.75) is 19.9 Å². The number of hydrogen-bond acceptors (Lipinski definition) is 2. The van der Waals surface area contributed by atoms with Gasteiger partial charge in [0.05, 0.1) is 6.26 Å². The van der Waals surface area contributed by atoms with Gasteiger partial charge in [-0.3, -0.25) is 0 Å². The van der Waals surface area contributed by atoms with E-state index in [4.69, 9.17) is 10.2 Å². The van der Waals surface area contributed by atoms with Crippen LogP contribution >= 0.6 is 0 Å². The molecule has 0 unspecified atom stereocenters. The number of rotatable bonds is 2. The highest BCUT2D eigenvalue weighted by atomic mass is 16.3. The largest absolute Gasteiger partial charge is 0.464 e. The van der Waals surface area contributed by atoms with E-state index in [0.29, 0.717) is 6.54 Å². The Morgan fingerprint density at radius 3 is 2.85 bits per heavy atom. The third-order valence-electron chi connectivity index (χ3n) is 2.38. The molecular weight excluding hydrogens is 162 g/mol. The van der Waals surface area contributed by atoms with Gasteiger partial charge in [-0.25, -0.2) is 0 Å². The first-order valence-electron chi connectivity index (χ1n) is 4.54. The minimum atomic E-state index is 0.601. The molecular formula is C11H13NO. The molecule has 1 aromatic heterocycles. The van der Waals surface area contributed by atoms with Crippen molar-refractivity contribution in [3.63, 3.8) is 0 Å². The third-order valence-corrected chi connectivity index (χ3v) is 2.38. The normalized spacial score (nSPS) is 10.9. The molecule has 0 aliphatic carbocycles. The van der Waals surface area contributed by atoms with Crippen LogP contribution < -0.4 is 5.73 Å². The number of fused-ring (bicyclic) bond motifs is 1. The van der Waals surface area contributed by atoms with Gasteiger partial charge >= 0.3 is 0 Å². The zero-order valence-corrected chi connectivity index (χ0v) is 7.71. The molecule has 0 bridgehead atoms. The van der Waals surface area contributed by atoms with Crippen LogP contribution in [0.3, 0.4) is 0 Å². The maximum Gasteiger partial charge on any atom is 0.134 e. The topological polar surface area (TPSA) is 39.2 Å². The van der Waals surface area contributed by atoms with Crippen molar-refractivity contribution in [3.8, 4) is 0 Å². The van der Waals surface area contributed by atoms with Gasteiger partial charge in [0.15, 0.2) is 0 Å². The van der Waals surface area contributed by atoms with Crippen molar-refractivity contribution >= 4 is 11.0 Å². The summed E-state index contributed by atoms with van der Waals surface area (Å²) in [7, 11) is 0. The van der Waals surface area contributed by atoms with E-state index in [9.17, 15) is 0 Å². The molecule has 1 aromatic carbocycles. The summed E-state index contributed by atoms with van der Waals surface area (Å²) in [5.74, 6) is 0. The predicted octanol–water partition coefficient (Wildman–Crippen LogP) is 2.45. The first-order valence-corrected chi connectivity index (χ1v) is 4.54. The van der Waals surface area contributed by atoms with Crippen LogP contribution in [0.2, 0.25) is 0 Å². The molecule has 0 saturated carbocycles. The molecule has 68 valence electrons. The van der Waals surface area contributed by atoms with Crippen LogP contribution in [-0.2, 0) is 13.0 Å². The number of furan rings is 1. The van der Waals surface area contributed by atoms with Crippen LogP contribution in [0, 0.1) is 0 Å². The van der Waals surface area contributed by atoms with Crippen LogP contribution in [0.4, 0.5) is 0 Å². The van der Waals surface area contributed by atoms with E-state index in [1.807, 2.05) is 6.07 Å². The number of hydrogen-bond donors (Lipinski definition) is 1. The minimum Gasteiger partial charge on any atom is -0.464 e. The Balaban J connectivity index is 2.67. The van der Waals surface area contributed by atoms with Crippen molar-refractivity contribution < 1.29 is 4.42 Å². The van der Waals surface area contributed by atoms with Crippen LogP contribution in [0.25, 0.3) is 11.0 Å². The summed E-state index contributed by atoms with van der Waals surface area (Å²) < 4.78 is 5.32. The fourth-order valence-corrected chi connectivity index (χ4v) is 1.62. The molecule has 0 fully saturated rings. The maximum absolute atomic E-state index is 5.66. The second-order valence-corrected chi connectivity index (χ2v) is 3.14.